The van der Waals surface area contributed by atoms with Crippen molar-refractivity contribution in [1.82, 2.24) is 9.78 Å². The molecule has 1 saturated carbocycles. The topological polar surface area (TPSA) is 82.2 Å². The summed E-state index contributed by atoms with van der Waals surface area (Å²) in [5, 5.41) is 6.75. The fourth-order valence-electron chi connectivity index (χ4n) is 3.42. The van der Waals surface area contributed by atoms with E-state index in [0.717, 1.165) is 12.1 Å². The van der Waals surface area contributed by atoms with Crippen molar-refractivity contribution in [2.24, 2.45) is 11.1 Å². The van der Waals surface area contributed by atoms with Crippen LogP contribution in [0.2, 0.25) is 0 Å². The third kappa shape index (κ3) is 3.40. The molecule has 1 amide bonds. The molecular weight excluding hydrogens is 373 g/mol. The van der Waals surface area contributed by atoms with Crippen LogP contribution in [0, 0.1) is 5.41 Å². The van der Waals surface area contributed by atoms with E-state index >= 15 is 0 Å². The molecule has 1 fully saturated rings. The summed E-state index contributed by atoms with van der Waals surface area (Å²) in [5.74, 6) is -0.378. The van der Waals surface area contributed by atoms with Crippen molar-refractivity contribution in [3.05, 3.63) is 42.2 Å². The Bertz CT molecular complexity index is 878. The lowest BCUT2D eigenvalue weighted by atomic mass is 9.54. The summed E-state index contributed by atoms with van der Waals surface area (Å²) < 4.78 is 45.5. The van der Waals surface area contributed by atoms with Crippen LogP contribution in [0.1, 0.15) is 32.8 Å². The van der Waals surface area contributed by atoms with Crippen LogP contribution in [-0.2, 0) is 15.7 Å². The van der Waals surface area contributed by atoms with Crippen LogP contribution in [0.15, 0.2) is 36.7 Å². The lowest BCUT2D eigenvalue weighted by Crippen LogP contribution is -2.74. The minimum Gasteiger partial charge on any atom is -0.378 e. The molecule has 2 aromatic rings. The first-order valence-electron chi connectivity index (χ1n) is 8.93. The molecule has 3 rings (SSSR count). The zero-order valence-electron chi connectivity index (χ0n) is 15.9. The van der Waals surface area contributed by atoms with E-state index in [1.807, 2.05) is 20.8 Å². The molecule has 1 aromatic heterocycles. The second-order valence-electron chi connectivity index (χ2n) is 7.52. The molecule has 1 aromatic carbocycles. The second-order valence-corrected chi connectivity index (χ2v) is 7.52. The molecule has 0 saturated heterocycles. The van der Waals surface area contributed by atoms with Gasteiger partial charge in [0, 0.05) is 18.4 Å². The second kappa shape index (κ2) is 6.89. The molecule has 152 valence electrons. The van der Waals surface area contributed by atoms with Crippen LogP contribution < -0.4 is 11.1 Å². The van der Waals surface area contributed by atoms with Crippen molar-refractivity contribution in [1.29, 1.82) is 0 Å². The molecule has 1 heterocycles. The van der Waals surface area contributed by atoms with Crippen LogP contribution in [0.4, 0.5) is 18.9 Å². The zero-order valence-corrected chi connectivity index (χ0v) is 15.9. The zero-order chi connectivity index (χ0) is 20.7. The number of carbonyl (C=O) groups is 1. The summed E-state index contributed by atoms with van der Waals surface area (Å²) in [6.07, 6.45) is -1.35. The predicted octanol–water partition coefficient (Wildman–Crippen LogP) is 3.36. The molecule has 0 bridgehead atoms. The van der Waals surface area contributed by atoms with Crippen molar-refractivity contribution in [2.45, 2.75) is 45.0 Å². The van der Waals surface area contributed by atoms with Crippen LogP contribution in [0.3, 0.4) is 0 Å². The van der Waals surface area contributed by atoms with Crippen molar-refractivity contribution in [3.63, 3.8) is 0 Å². The number of rotatable bonds is 5. The first-order chi connectivity index (χ1) is 13.0. The average molecular weight is 396 g/mol. The van der Waals surface area contributed by atoms with E-state index in [-0.39, 0.29) is 17.7 Å². The van der Waals surface area contributed by atoms with Crippen LogP contribution in [0.5, 0.6) is 0 Å². The highest BCUT2D eigenvalue weighted by molar-refractivity contribution is 5.99. The standard InChI is InChI=1S/C19H23F3N4O2/c1-4-28-15-9-18(23,17(15,2)3)16(27)25-13-10-24-26(11-13)14-7-5-6-12(8-14)19(20,21)22/h5-8,10-11,15H,4,9,23H2,1-3H3,(H,25,27). The number of halogens is 3. The highest BCUT2D eigenvalue weighted by Crippen LogP contribution is 2.50. The highest BCUT2D eigenvalue weighted by Gasteiger charge is 2.62. The largest absolute Gasteiger partial charge is 0.416 e. The third-order valence-corrected chi connectivity index (χ3v) is 5.51. The van der Waals surface area contributed by atoms with Gasteiger partial charge in [-0.25, -0.2) is 4.68 Å². The quantitative estimate of drug-likeness (QED) is 0.812. The summed E-state index contributed by atoms with van der Waals surface area (Å²) in [4.78, 5) is 12.7. The van der Waals surface area contributed by atoms with E-state index < -0.39 is 22.7 Å². The Hall–Kier alpha value is -2.39. The Morgan fingerprint density at radius 1 is 1.43 bits per heavy atom. The number of hydrogen-bond donors (Lipinski definition) is 2. The Kier molecular flexibility index (Phi) is 5.01. The molecule has 0 spiro atoms. The number of nitrogens with two attached hydrogens (primary N) is 1. The first-order valence-corrected chi connectivity index (χ1v) is 8.93. The normalized spacial score (nSPS) is 23.9. The minimum atomic E-state index is -4.45. The fourth-order valence-corrected chi connectivity index (χ4v) is 3.42. The Morgan fingerprint density at radius 3 is 2.75 bits per heavy atom. The Morgan fingerprint density at radius 2 is 2.14 bits per heavy atom. The van der Waals surface area contributed by atoms with Crippen LogP contribution in [-0.4, -0.2) is 33.9 Å². The molecule has 6 nitrogen and oxygen atoms in total. The third-order valence-electron chi connectivity index (χ3n) is 5.51. The van der Waals surface area contributed by atoms with Gasteiger partial charge in [0.2, 0.25) is 5.91 Å². The molecule has 2 atom stereocenters. The fraction of sp³-hybridized carbons (Fsp3) is 0.474. The van der Waals surface area contributed by atoms with Gasteiger partial charge in [-0.05, 0) is 25.1 Å². The lowest BCUT2D eigenvalue weighted by Gasteiger charge is -2.57. The molecule has 2 unspecified atom stereocenters. The lowest BCUT2D eigenvalue weighted by molar-refractivity contribution is -0.166. The van der Waals surface area contributed by atoms with E-state index in [1.54, 1.807) is 0 Å². The Labute approximate surface area is 160 Å². The number of alkyl halides is 3. The molecule has 28 heavy (non-hydrogen) atoms. The maximum Gasteiger partial charge on any atom is 0.416 e. The van der Waals surface area contributed by atoms with E-state index in [0.29, 0.717) is 18.7 Å². The number of benzene rings is 1. The molecule has 3 N–H and O–H groups in total. The van der Waals surface area contributed by atoms with Gasteiger partial charge in [-0.15, -0.1) is 0 Å². The van der Waals surface area contributed by atoms with Crippen LogP contribution in [0.25, 0.3) is 5.69 Å². The number of anilines is 1. The number of ether oxygens (including phenoxy) is 1. The van der Waals surface area contributed by atoms with E-state index in [1.165, 1.54) is 29.2 Å². The van der Waals surface area contributed by atoms with Gasteiger partial charge in [0.05, 0.1) is 35.4 Å². The molecule has 0 radical (unpaired) electrons. The number of nitrogens with one attached hydrogen (secondary N) is 1. The van der Waals surface area contributed by atoms with Gasteiger partial charge in [-0.2, -0.15) is 18.3 Å². The van der Waals surface area contributed by atoms with E-state index in [2.05, 4.69) is 10.4 Å². The summed E-state index contributed by atoms with van der Waals surface area (Å²) >= 11 is 0. The van der Waals surface area contributed by atoms with Gasteiger partial charge < -0.3 is 15.8 Å². The molecule has 1 aliphatic rings. The predicted molar refractivity (Wildman–Crippen MR) is 97.9 cm³/mol. The van der Waals surface area contributed by atoms with Gasteiger partial charge in [-0.1, -0.05) is 19.9 Å². The smallest absolute Gasteiger partial charge is 0.378 e. The van der Waals surface area contributed by atoms with Crippen molar-refractivity contribution in [2.75, 3.05) is 11.9 Å². The SMILES string of the molecule is CCOC1CC(N)(C(=O)Nc2cnn(-c3cccc(C(F)(F)F)c3)c2)C1(C)C. The van der Waals surface area contributed by atoms with E-state index in [4.69, 9.17) is 10.5 Å². The number of carbonyl (C=O) groups excluding carboxylic acids is 1. The summed E-state index contributed by atoms with van der Waals surface area (Å²) in [6, 6.07) is 4.78. The average Bonchev–Trinajstić information content (AvgIpc) is 3.09. The number of aromatic nitrogens is 2. The summed E-state index contributed by atoms with van der Waals surface area (Å²) in [7, 11) is 0. The van der Waals surface area contributed by atoms with Gasteiger partial charge in [-0.3, -0.25) is 4.79 Å². The molecule has 0 aliphatic heterocycles. The van der Waals surface area contributed by atoms with Crippen molar-refractivity contribution < 1.29 is 22.7 Å². The number of hydrogen-bond acceptors (Lipinski definition) is 4. The Balaban J connectivity index is 1.75. The summed E-state index contributed by atoms with van der Waals surface area (Å²) in [6.45, 7) is 6.18. The first kappa shape index (κ1) is 20.3. The highest BCUT2D eigenvalue weighted by atomic mass is 19.4. The van der Waals surface area contributed by atoms with Crippen molar-refractivity contribution in [3.8, 4) is 5.69 Å². The number of nitrogens with zero attached hydrogens (tertiary/aromatic N) is 2. The van der Waals surface area contributed by atoms with Gasteiger partial charge >= 0.3 is 6.18 Å². The van der Waals surface area contributed by atoms with E-state index in [9.17, 15) is 18.0 Å². The van der Waals surface area contributed by atoms with Gasteiger partial charge in [0.15, 0.2) is 0 Å². The van der Waals surface area contributed by atoms with Gasteiger partial charge in [0.25, 0.3) is 0 Å². The minimum absolute atomic E-state index is 0.110. The number of amides is 1. The van der Waals surface area contributed by atoms with Crippen molar-refractivity contribution >= 4 is 11.6 Å². The summed E-state index contributed by atoms with van der Waals surface area (Å²) in [5.41, 5.74) is 4.49. The maximum absolute atomic E-state index is 12.9. The van der Waals surface area contributed by atoms with Gasteiger partial charge in [0.1, 0.15) is 5.54 Å². The monoisotopic (exact) mass is 396 g/mol. The van der Waals surface area contributed by atoms with Crippen LogP contribution >= 0.6 is 0 Å². The molecule has 1 aliphatic carbocycles. The molecular formula is C19H23F3N4O2. The molecule has 9 heteroatoms. The maximum atomic E-state index is 12.9.